The van der Waals surface area contributed by atoms with E-state index in [2.05, 4.69) is 5.16 Å². The Morgan fingerprint density at radius 1 is 1.06 bits per heavy atom. The van der Waals surface area contributed by atoms with Crippen molar-refractivity contribution in [1.82, 2.24) is 0 Å². The molecule has 2 aromatic rings. The molecule has 0 unspecified atom stereocenters. The Bertz CT molecular complexity index is 562. The SMILES string of the molecule is COc1ccc(-c2ccc(O)c(/C=N/O)c2)cc1. The molecule has 92 valence electrons. The summed E-state index contributed by atoms with van der Waals surface area (Å²) in [5.41, 5.74) is 2.37. The maximum atomic E-state index is 9.57. The third kappa shape index (κ3) is 2.43. The number of benzene rings is 2. The monoisotopic (exact) mass is 243 g/mol. The number of phenols is 1. The standard InChI is InChI=1S/C14H13NO3/c1-18-13-5-2-10(3-6-13)11-4-7-14(16)12(8-11)9-15-17/h2-9,16-17H,1H3/b15-9+. The first kappa shape index (κ1) is 12.0. The molecular weight excluding hydrogens is 230 g/mol. The van der Waals surface area contributed by atoms with Crippen molar-refractivity contribution in [3.8, 4) is 22.6 Å². The van der Waals surface area contributed by atoms with Crippen LogP contribution < -0.4 is 4.74 Å². The number of nitrogens with zero attached hydrogens (tertiary/aromatic N) is 1. The van der Waals surface area contributed by atoms with Crippen molar-refractivity contribution in [2.75, 3.05) is 7.11 Å². The van der Waals surface area contributed by atoms with Gasteiger partial charge in [-0.25, -0.2) is 0 Å². The van der Waals surface area contributed by atoms with Gasteiger partial charge in [0.2, 0.25) is 0 Å². The van der Waals surface area contributed by atoms with Crippen molar-refractivity contribution in [2.45, 2.75) is 0 Å². The predicted octanol–water partition coefficient (Wildman–Crippen LogP) is 2.88. The highest BCUT2D eigenvalue weighted by molar-refractivity contribution is 5.85. The maximum Gasteiger partial charge on any atom is 0.124 e. The van der Waals surface area contributed by atoms with E-state index >= 15 is 0 Å². The molecule has 0 heterocycles. The Hall–Kier alpha value is -2.49. The smallest absolute Gasteiger partial charge is 0.124 e. The minimum Gasteiger partial charge on any atom is -0.507 e. The molecule has 0 aromatic heterocycles. The molecule has 0 radical (unpaired) electrons. The van der Waals surface area contributed by atoms with Crippen molar-refractivity contribution in [1.29, 1.82) is 0 Å². The van der Waals surface area contributed by atoms with Gasteiger partial charge in [0.1, 0.15) is 11.5 Å². The van der Waals surface area contributed by atoms with Gasteiger partial charge >= 0.3 is 0 Å². The lowest BCUT2D eigenvalue weighted by molar-refractivity contribution is 0.321. The molecule has 0 amide bonds. The topological polar surface area (TPSA) is 62.0 Å². The van der Waals surface area contributed by atoms with Gasteiger partial charge in [-0.15, -0.1) is 0 Å². The van der Waals surface area contributed by atoms with Crippen LogP contribution in [-0.2, 0) is 0 Å². The average Bonchev–Trinajstić information content (AvgIpc) is 2.42. The van der Waals surface area contributed by atoms with Crippen molar-refractivity contribution in [3.05, 3.63) is 48.0 Å². The molecule has 2 N–H and O–H groups in total. The average molecular weight is 243 g/mol. The highest BCUT2D eigenvalue weighted by Crippen LogP contribution is 2.26. The van der Waals surface area contributed by atoms with Crippen LogP contribution in [0.4, 0.5) is 0 Å². The molecule has 4 heteroatoms. The zero-order valence-corrected chi connectivity index (χ0v) is 9.87. The van der Waals surface area contributed by atoms with E-state index < -0.39 is 0 Å². The van der Waals surface area contributed by atoms with Crippen LogP contribution in [0.5, 0.6) is 11.5 Å². The summed E-state index contributed by atoms with van der Waals surface area (Å²) in [7, 11) is 1.62. The van der Waals surface area contributed by atoms with Crippen LogP contribution in [-0.4, -0.2) is 23.6 Å². The van der Waals surface area contributed by atoms with Crippen molar-refractivity contribution < 1.29 is 15.1 Å². The number of aromatic hydroxyl groups is 1. The lowest BCUT2D eigenvalue weighted by atomic mass is 10.0. The summed E-state index contributed by atoms with van der Waals surface area (Å²) in [6, 6.07) is 12.7. The molecule has 2 aromatic carbocycles. The Morgan fingerprint density at radius 3 is 2.33 bits per heavy atom. The molecule has 0 bridgehead atoms. The summed E-state index contributed by atoms with van der Waals surface area (Å²) in [6.07, 6.45) is 1.20. The van der Waals surface area contributed by atoms with Gasteiger partial charge in [0, 0.05) is 5.56 Å². The van der Waals surface area contributed by atoms with E-state index in [-0.39, 0.29) is 5.75 Å². The lowest BCUT2D eigenvalue weighted by Crippen LogP contribution is -1.86. The molecule has 0 fully saturated rings. The molecule has 0 aliphatic rings. The molecule has 2 rings (SSSR count). The summed E-state index contributed by atoms with van der Waals surface area (Å²) >= 11 is 0. The minimum absolute atomic E-state index is 0.0741. The Kier molecular flexibility index (Phi) is 3.48. The van der Waals surface area contributed by atoms with E-state index in [0.29, 0.717) is 5.56 Å². The van der Waals surface area contributed by atoms with Gasteiger partial charge in [-0.2, -0.15) is 0 Å². The quantitative estimate of drug-likeness (QED) is 0.495. The van der Waals surface area contributed by atoms with Crippen molar-refractivity contribution in [2.24, 2.45) is 5.16 Å². The second-order valence-corrected chi connectivity index (χ2v) is 3.75. The molecule has 0 saturated carbocycles. The number of hydrogen-bond acceptors (Lipinski definition) is 4. The number of hydrogen-bond donors (Lipinski definition) is 2. The first-order chi connectivity index (χ1) is 8.74. The van der Waals surface area contributed by atoms with Gasteiger partial charge in [0.15, 0.2) is 0 Å². The van der Waals surface area contributed by atoms with Crippen LogP contribution in [0.2, 0.25) is 0 Å². The molecule has 0 atom stereocenters. The normalized spacial score (nSPS) is 10.7. The number of oxime groups is 1. The summed E-state index contributed by atoms with van der Waals surface area (Å²) in [6.45, 7) is 0. The van der Waals surface area contributed by atoms with E-state index in [0.717, 1.165) is 16.9 Å². The van der Waals surface area contributed by atoms with E-state index in [1.54, 1.807) is 25.3 Å². The van der Waals surface area contributed by atoms with E-state index in [9.17, 15) is 5.11 Å². The van der Waals surface area contributed by atoms with Crippen molar-refractivity contribution >= 4 is 6.21 Å². The van der Waals surface area contributed by atoms with Crippen LogP contribution in [0.25, 0.3) is 11.1 Å². The second-order valence-electron chi connectivity index (χ2n) is 3.75. The first-order valence-corrected chi connectivity index (χ1v) is 5.39. The zero-order chi connectivity index (χ0) is 13.0. The zero-order valence-electron chi connectivity index (χ0n) is 9.87. The van der Waals surface area contributed by atoms with E-state index in [4.69, 9.17) is 9.94 Å². The number of ether oxygens (including phenoxy) is 1. The van der Waals surface area contributed by atoms with E-state index in [1.807, 2.05) is 24.3 Å². The Balaban J connectivity index is 2.40. The Labute approximate surface area is 105 Å². The van der Waals surface area contributed by atoms with E-state index in [1.165, 1.54) is 6.21 Å². The molecule has 0 aliphatic heterocycles. The van der Waals surface area contributed by atoms with Gasteiger partial charge in [-0.1, -0.05) is 23.4 Å². The number of methoxy groups -OCH3 is 1. The first-order valence-electron chi connectivity index (χ1n) is 5.39. The summed E-state index contributed by atoms with van der Waals surface area (Å²) in [4.78, 5) is 0. The summed E-state index contributed by atoms with van der Waals surface area (Å²) in [5, 5.41) is 21.0. The van der Waals surface area contributed by atoms with Crippen LogP contribution in [0.3, 0.4) is 0 Å². The third-order valence-electron chi connectivity index (χ3n) is 2.65. The van der Waals surface area contributed by atoms with Crippen molar-refractivity contribution in [3.63, 3.8) is 0 Å². The predicted molar refractivity (Wildman–Crippen MR) is 69.5 cm³/mol. The van der Waals surface area contributed by atoms with Crippen LogP contribution >= 0.6 is 0 Å². The molecule has 0 aliphatic carbocycles. The molecule has 0 saturated heterocycles. The lowest BCUT2D eigenvalue weighted by Gasteiger charge is -2.06. The third-order valence-corrected chi connectivity index (χ3v) is 2.65. The van der Waals surface area contributed by atoms with Gasteiger partial charge < -0.3 is 15.1 Å². The largest absolute Gasteiger partial charge is 0.507 e. The fourth-order valence-corrected chi connectivity index (χ4v) is 1.68. The van der Waals surface area contributed by atoms with Crippen LogP contribution in [0.15, 0.2) is 47.6 Å². The number of rotatable bonds is 3. The van der Waals surface area contributed by atoms with Gasteiger partial charge in [-0.05, 0) is 35.4 Å². The maximum absolute atomic E-state index is 9.57. The minimum atomic E-state index is 0.0741. The molecule has 18 heavy (non-hydrogen) atoms. The van der Waals surface area contributed by atoms with Gasteiger partial charge in [-0.3, -0.25) is 0 Å². The molecule has 0 spiro atoms. The Morgan fingerprint density at radius 2 is 1.72 bits per heavy atom. The van der Waals surface area contributed by atoms with Gasteiger partial charge in [0.05, 0.1) is 13.3 Å². The highest BCUT2D eigenvalue weighted by atomic mass is 16.5. The molecular formula is C14H13NO3. The van der Waals surface area contributed by atoms with Gasteiger partial charge in [0.25, 0.3) is 0 Å². The summed E-state index contributed by atoms with van der Waals surface area (Å²) in [5.74, 6) is 0.861. The fraction of sp³-hybridized carbons (Fsp3) is 0.0714. The fourth-order valence-electron chi connectivity index (χ4n) is 1.68. The highest BCUT2D eigenvalue weighted by Gasteiger charge is 2.03. The molecule has 4 nitrogen and oxygen atoms in total. The number of phenolic OH excluding ortho intramolecular Hbond substituents is 1. The van der Waals surface area contributed by atoms with Crippen LogP contribution in [0.1, 0.15) is 5.56 Å². The van der Waals surface area contributed by atoms with Crippen LogP contribution in [0, 0.1) is 0 Å². The summed E-state index contributed by atoms with van der Waals surface area (Å²) < 4.78 is 5.09. The second kappa shape index (κ2) is 5.23.